The largest absolute Gasteiger partial charge is 0.490 e. The lowest BCUT2D eigenvalue weighted by Crippen LogP contribution is -2.35. The maximum atomic E-state index is 12.9. The number of aryl methyl sites for hydroxylation is 1. The number of aromatic nitrogens is 8. The summed E-state index contributed by atoms with van der Waals surface area (Å²) in [5.41, 5.74) is 10.5. The van der Waals surface area contributed by atoms with E-state index in [1.54, 1.807) is 7.05 Å². The molecule has 290 valence electrons. The molecular formula is C22H33BN10O17P3+. The van der Waals surface area contributed by atoms with Crippen molar-refractivity contribution in [1.29, 1.82) is 0 Å². The van der Waals surface area contributed by atoms with Crippen molar-refractivity contribution in [2.45, 2.75) is 49.1 Å². The lowest BCUT2D eigenvalue weighted by molar-refractivity contribution is -0.646. The van der Waals surface area contributed by atoms with Crippen LogP contribution in [0.15, 0.2) is 17.4 Å². The molecule has 11 atom stereocenters. The minimum Gasteiger partial charge on any atom is -0.490 e. The Morgan fingerprint density at radius 1 is 0.943 bits per heavy atom. The zero-order chi connectivity index (χ0) is 38.8. The third-order valence-electron chi connectivity index (χ3n) is 7.99. The molecule has 0 spiro atoms. The van der Waals surface area contributed by atoms with Gasteiger partial charge in [-0.3, -0.25) is 28.0 Å². The van der Waals surface area contributed by atoms with Gasteiger partial charge < -0.3 is 55.9 Å². The van der Waals surface area contributed by atoms with Crippen molar-refractivity contribution in [1.82, 2.24) is 34.1 Å². The highest BCUT2D eigenvalue weighted by Gasteiger charge is 2.51. The van der Waals surface area contributed by atoms with Crippen molar-refractivity contribution in [2.75, 3.05) is 31.8 Å². The third kappa shape index (κ3) is 7.89. The average molecular weight is 813 g/mol. The van der Waals surface area contributed by atoms with Gasteiger partial charge in [0.05, 0.1) is 26.6 Å². The zero-order valence-corrected chi connectivity index (χ0v) is 30.2. The molecule has 27 nitrogen and oxygen atoms in total. The fourth-order valence-corrected chi connectivity index (χ4v) is 10.2. The van der Waals surface area contributed by atoms with E-state index in [1.165, 1.54) is 22.6 Å². The van der Waals surface area contributed by atoms with E-state index in [0.29, 0.717) is 7.57 Å². The Morgan fingerprint density at radius 3 is 2.17 bits per heavy atom. The molecule has 2 aliphatic heterocycles. The smallest absolute Gasteiger partial charge is 0.478 e. The molecule has 0 aliphatic carbocycles. The molecule has 0 amide bonds. The standard InChI is InChI=1S/C22H32BN10O17P3/c1-31-6-33(16-10(31)18(38)30-22(25)28-16)20-14(44-2)12(35)8(48-20)4-46-53(42,43)50-51(23,39)49-52(40,41)45-3-7-11(34)13(36)19(47-7)32-5-26-9-15(32)27-21(24)29-17(9)37/h5-8,11-14,19-20,34-36H,3-4,23H2,1-2H3,(H7-,24,25,27,28,29,30,37,38,40,41,42,43)/p+1/t7-,8-,11?,12?,13?,14?,19-,20-,51?/m1/s1. The number of fused-ring (bicyclic) bond motifs is 2. The second-order valence-corrected chi connectivity index (χ2v) is 17.0. The van der Waals surface area contributed by atoms with Gasteiger partial charge in [0.1, 0.15) is 30.5 Å². The number of anilines is 2. The SMILES string of the molecule is BP(=O)(OP(=O)(O)OC[C@H]1O[C@@H](n2cnc3c(=O)[nH]c(N)nc32)C(O)C1O)OP(=O)(O)OC[C@H]1O[C@@H](n2c[n+](C)c3c(O)nc(N)nc32)C(OC)C1O. The Bertz CT molecular complexity index is 2240. The number of aromatic hydroxyl groups is 1. The summed E-state index contributed by atoms with van der Waals surface area (Å²) in [6.07, 6.45) is -9.09. The Labute approximate surface area is 296 Å². The number of H-pyrrole nitrogens is 1. The summed E-state index contributed by atoms with van der Waals surface area (Å²) < 4.78 is 77.7. The molecule has 53 heavy (non-hydrogen) atoms. The number of hydrogen-bond acceptors (Lipinski definition) is 21. The van der Waals surface area contributed by atoms with Crippen LogP contribution in [-0.4, -0.2) is 129 Å². The Balaban J connectivity index is 1.06. The van der Waals surface area contributed by atoms with Crippen LogP contribution >= 0.6 is 23.1 Å². The molecule has 2 aliphatic rings. The summed E-state index contributed by atoms with van der Waals surface area (Å²) >= 11 is 0. The van der Waals surface area contributed by atoms with Crippen LogP contribution in [0.25, 0.3) is 22.3 Å². The van der Waals surface area contributed by atoms with E-state index in [2.05, 4.69) is 33.5 Å². The van der Waals surface area contributed by atoms with Gasteiger partial charge in [-0.05, 0) is 0 Å². The fourth-order valence-electron chi connectivity index (χ4n) is 5.76. The van der Waals surface area contributed by atoms with Crippen LogP contribution in [0.1, 0.15) is 12.5 Å². The second-order valence-electron chi connectivity index (χ2n) is 11.8. The van der Waals surface area contributed by atoms with E-state index < -0.39 is 96.9 Å². The highest BCUT2D eigenvalue weighted by Crippen LogP contribution is 2.67. The molecule has 2 fully saturated rings. The van der Waals surface area contributed by atoms with Gasteiger partial charge in [-0.15, -0.1) is 0 Å². The van der Waals surface area contributed by atoms with Gasteiger partial charge in [-0.25, -0.2) is 27.3 Å². The number of imidazole rings is 2. The molecule has 0 bridgehead atoms. The number of nitrogens with two attached hydrogens (primary N) is 2. The lowest BCUT2D eigenvalue weighted by atomic mass is 10.1. The summed E-state index contributed by atoms with van der Waals surface area (Å²) in [7, 11) is -12.5. The van der Waals surface area contributed by atoms with Crippen LogP contribution in [0.4, 0.5) is 11.9 Å². The number of phosphoric ester groups is 2. The monoisotopic (exact) mass is 813 g/mol. The van der Waals surface area contributed by atoms with Crippen molar-refractivity contribution in [3.8, 4) is 5.88 Å². The average Bonchev–Trinajstić information content (AvgIpc) is 3.77. The van der Waals surface area contributed by atoms with Gasteiger partial charge in [0.15, 0.2) is 23.5 Å². The molecule has 6 rings (SSSR count). The first-order chi connectivity index (χ1) is 24.7. The minimum atomic E-state index is -5.43. The molecule has 31 heteroatoms. The maximum Gasteiger partial charge on any atom is 0.478 e. The van der Waals surface area contributed by atoms with Gasteiger partial charge in [0.25, 0.3) is 37.6 Å². The quantitative estimate of drug-likeness (QED) is 0.0354. The minimum absolute atomic E-state index is 0.0896. The number of phosphoric acid groups is 2. The normalized spacial score (nSPS) is 29.7. The van der Waals surface area contributed by atoms with Crippen molar-refractivity contribution in [3.63, 3.8) is 0 Å². The number of nitrogens with zero attached hydrogens (tertiary/aromatic N) is 7. The Morgan fingerprint density at radius 2 is 1.55 bits per heavy atom. The van der Waals surface area contributed by atoms with Crippen molar-refractivity contribution in [3.05, 3.63) is 23.0 Å². The first-order valence-corrected chi connectivity index (χ1v) is 20.0. The number of nitrogens with one attached hydrogen (secondary N) is 1. The molecule has 0 aromatic carbocycles. The van der Waals surface area contributed by atoms with E-state index in [1.807, 2.05) is 0 Å². The van der Waals surface area contributed by atoms with E-state index in [9.17, 15) is 48.7 Å². The number of rotatable bonds is 13. The molecule has 6 heterocycles. The second kappa shape index (κ2) is 14.3. The topological polar surface area (TPSA) is 387 Å². The first-order valence-electron chi connectivity index (χ1n) is 15.0. The lowest BCUT2D eigenvalue weighted by Gasteiger charge is -2.22. The number of aromatic amines is 1. The summed E-state index contributed by atoms with van der Waals surface area (Å²) in [6, 6.07) is 0. The van der Waals surface area contributed by atoms with Gasteiger partial charge in [0.2, 0.25) is 24.5 Å². The molecule has 11 N–H and O–H groups in total. The summed E-state index contributed by atoms with van der Waals surface area (Å²) in [6.45, 7) is -1.85. The van der Waals surface area contributed by atoms with Crippen LogP contribution in [0.2, 0.25) is 0 Å². The molecular weight excluding hydrogens is 780 g/mol. The highest BCUT2D eigenvalue weighted by molar-refractivity contribution is 7.86. The van der Waals surface area contributed by atoms with Crippen LogP contribution < -0.4 is 21.6 Å². The Hall–Kier alpha value is -3.43. The molecule has 7 unspecified atom stereocenters. The maximum absolute atomic E-state index is 12.9. The number of aliphatic hydroxyl groups is 3. The predicted molar refractivity (Wildman–Crippen MR) is 174 cm³/mol. The van der Waals surface area contributed by atoms with Gasteiger partial charge in [-0.2, -0.15) is 19.5 Å². The zero-order valence-electron chi connectivity index (χ0n) is 27.5. The molecule has 0 saturated carbocycles. The van der Waals surface area contributed by atoms with Gasteiger partial charge in [-0.1, -0.05) is 0 Å². The number of ether oxygens (including phenoxy) is 3. The van der Waals surface area contributed by atoms with E-state index in [4.69, 9.17) is 34.7 Å². The molecule has 4 aromatic rings. The highest BCUT2D eigenvalue weighted by atomic mass is 31.3. The van der Waals surface area contributed by atoms with Crippen molar-refractivity contribution < 1.29 is 80.4 Å². The van der Waals surface area contributed by atoms with Gasteiger partial charge >= 0.3 is 15.6 Å². The van der Waals surface area contributed by atoms with Crippen LogP contribution in [0.5, 0.6) is 5.88 Å². The number of methoxy groups -OCH3 is 1. The summed E-state index contributed by atoms with van der Waals surface area (Å²) in [5.74, 6) is -0.994. The van der Waals surface area contributed by atoms with Crippen LogP contribution in [0.3, 0.4) is 0 Å². The van der Waals surface area contributed by atoms with Crippen molar-refractivity contribution in [2.24, 2.45) is 7.05 Å². The van der Waals surface area contributed by atoms with E-state index in [-0.39, 0.29) is 34.2 Å². The summed E-state index contributed by atoms with van der Waals surface area (Å²) in [4.78, 5) is 50.4. The molecule has 0 radical (unpaired) electrons. The van der Waals surface area contributed by atoms with Crippen LogP contribution in [0, 0.1) is 0 Å². The van der Waals surface area contributed by atoms with E-state index in [0.717, 1.165) is 10.9 Å². The summed E-state index contributed by atoms with van der Waals surface area (Å²) in [5, 5.41) is 42.2. The number of hydrogen-bond donors (Lipinski definition) is 9. The van der Waals surface area contributed by atoms with E-state index >= 15 is 0 Å². The number of nitrogen functional groups attached to an aromatic ring is 2. The fraction of sp³-hybridized carbons (Fsp3) is 0.545. The predicted octanol–water partition coefficient (Wildman–Crippen LogP) is -3.84. The third-order valence-corrected chi connectivity index (χ3v) is 13.0. The van der Waals surface area contributed by atoms with Gasteiger partial charge in [0, 0.05) is 7.11 Å². The molecule has 4 aromatic heterocycles. The Kier molecular flexibility index (Phi) is 10.6. The van der Waals surface area contributed by atoms with Crippen LogP contribution in [-0.2, 0) is 52.6 Å². The first kappa shape index (κ1) is 39.3. The van der Waals surface area contributed by atoms with Crippen molar-refractivity contribution >= 4 is 64.9 Å². The number of aliphatic hydroxyl groups excluding tert-OH is 3. The molecule has 2 saturated heterocycles.